The van der Waals surface area contributed by atoms with E-state index >= 15 is 4.39 Å². The van der Waals surface area contributed by atoms with E-state index in [1.54, 1.807) is 0 Å². The van der Waals surface area contributed by atoms with E-state index in [0.717, 1.165) is 55.3 Å². The molecule has 2 fully saturated rings. The second-order valence-electron chi connectivity index (χ2n) is 11.8. The van der Waals surface area contributed by atoms with Gasteiger partial charge in [0.15, 0.2) is 11.6 Å². The van der Waals surface area contributed by atoms with E-state index < -0.39 is 30.6 Å². The summed E-state index contributed by atoms with van der Waals surface area (Å²) in [6.45, 7) is 8.82. The molecule has 3 aliphatic heterocycles. The van der Waals surface area contributed by atoms with Crippen molar-refractivity contribution in [3.8, 4) is 29.0 Å². The third-order valence-corrected chi connectivity index (χ3v) is 10.4. The highest BCUT2D eigenvalue weighted by Crippen LogP contribution is 2.51. The molecule has 5 heterocycles. The summed E-state index contributed by atoms with van der Waals surface area (Å²) >= 11 is 7.75. The molecule has 2 aromatic carbocycles. The van der Waals surface area contributed by atoms with Crippen LogP contribution in [0.25, 0.3) is 32.1 Å². The second kappa shape index (κ2) is 11.3. The molecule has 2 saturated heterocycles. The largest absolute Gasteiger partial charge is 0.489 e. The van der Waals surface area contributed by atoms with E-state index in [2.05, 4.69) is 28.0 Å². The Hall–Kier alpha value is -4.12. The number of nitrogen functional groups attached to an aromatic ring is 1. The number of aromatic nitrogens is 2. The Bertz CT molecular complexity index is 2000. The lowest BCUT2D eigenvalue weighted by Crippen LogP contribution is -2.43. The summed E-state index contributed by atoms with van der Waals surface area (Å²) in [5, 5.41) is 9.76. The van der Waals surface area contributed by atoms with Crippen LogP contribution in [0.1, 0.15) is 24.8 Å². The van der Waals surface area contributed by atoms with Crippen molar-refractivity contribution in [2.45, 2.75) is 37.3 Å². The fourth-order valence-corrected chi connectivity index (χ4v) is 8.30. The SMILES string of the molecule is C=C[C@H]1COc2c(Cl)c(-c3ccc(F)c4sc(N)c(C#N)c34)c(F)c3nc(OC[C@@]45CCCN4CC(=C)C5)nc(c23)N1CC(F)F. The van der Waals surface area contributed by atoms with Crippen molar-refractivity contribution in [1.82, 2.24) is 14.9 Å². The summed E-state index contributed by atoms with van der Waals surface area (Å²) < 4.78 is 72.2. The molecule has 8 nitrogen and oxygen atoms in total. The number of hydrogen-bond donors (Lipinski definition) is 1. The lowest BCUT2D eigenvalue weighted by Gasteiger charge is -2.31. The molecule has 0 bridgehead atoms. The summed E-state index contributed by atoms with van der Waals surface area (Å²) in [6, 6.07) is 3.40. The Balaban J connectivity index is 1.48. The number of nitriles is 1. The average Bonchev–Trinajstić information content (AvgIpc) is 3.63. The Morgan fingerprint density at radius 2 is 2.11 bits per heavy atom. The Labute approximate surface area is 270 Å². The van der Waals surface area contributed by atoms with Gasteiger partial charge in [0.05, 0.1) is 38.8 Å². The van der Waals surface area contributed by atoms with Gasteiger partial charge in [-0.2, -0.15) is 15.2 Å². The number of halogens is 5. The minimum atomic E-state index is -2.78. The van der Waals surface area contributed by atoms with Gasteiger partial charge in [0.25, 0.3) is 6.43 Å². The molecule has 0 unspecified atom stereocenters. The zero-order chi connectivity index (χ0) is 32.5. The summed E-state index contributed by atoms with van der Waals surface area (Å²) in [6.07, 6.45) is 1.21. The molecule has 2 N–H and O–H groups in total. The maximum atomic E-state index is 17.0. The number of benzene rings is 2. The van der Waals surface area contributed by atoms with Crippen molar-refractivity contribution < 1.29 is 27.0 Å². The molecule has 238 valence electrons. The van der Waals surface area contributed by atoms with E-state index in [0.29, 0.717) is 0 Å². The van der Waals surface area contributed by atoms with Crippen LogP contribution in [0.3, 0.4) is 0 Å². The molecule has 14 heteroatoms. The van der Waals surface area contributed by atoms with Gasteiger partial charge in [0.1, 0.15) is 41.4 Å². The molecule has 4 aromatic rings. The van der Waals surface area contributed by atoms with E-state index in [-0.39, 0.29) is 84.0 Å². The van der Waals surface area contributed by atoms with Crippen LogP contribution in [0, 0.1) is 23.0 Å². The van der Waals surface area contributed by atoms with E-state index in [1.807, 2.05) is 6.07 Å². The number of nitrogens with zero attached hydrogens (tertiary/aromatic N) is 5. The van der Waals surface area contributed by atoms with Gasteiger partial charge in [-0.15, -0.1) is 17.9 Å². The molecule has 46 heavy (non-hydrogen) atoms. The van der Waals surface area contributed by atoms with Crippen LogP contribution in [0.15, 0.2) is 36.9 Å². The highest BCUT2D eigenvalue weighted by atomic mass is 35.5. The third kappa shape index (κ3) is 4.65. The number of ether oxygens (including phenoxy) is 2. The fourth-order valence-electron chi connectivity index (χ4n) is 7.02. The maximum absolute atomic E-state index is 17.0. The molecule has 2 aromatic heterocycles. The Morgan fingerprint density at radius 1 is 1.30 bits per heavy atom. The van der Waals surface area contributed by atoms with Gasteiger partial charge in [-0.3, -0.25) is 4.90 Å². The summed E-state index contributed by atoms with van der Waals surface area (Å²) in [5.41, 5.74) is 6.35. The molecule has 0 amide bonds. The minimum absolute atomic E-state index is 0.0257. The first-order valence-electron chi connectivity index (χ1n) is 14.5. The van der Waals surface area contributed by atoms with Crippen molar-refractivity contribution >= 4 is 54.7 Å². The van der Waals surface area contributed by atoms with Gasteiger partial charge in [-0.1, -0.05) is 35.9 Å². The zero-order valence-corrected chi connectivity index (χ0v) is 26.0. The fraction of sp³-hybridized carbons (Fsp3) is 0.344. The molecule has 0 spiro atoms. The Kier molecular flexibility index (Phi) is 7.49. The highest BCUT2D eigenvalue weighted by molar-refractivity contribution is 7.23. The van der Waals surface area contributed by atoms with E-state index in [4.69, 9.17) is 26.8 Å². The van der Waals surface area contributed by atoms with Crippen LogP contribution < -0.4 is 20.1 Å². The predicted octanol–water partition coefficient (Wildman–Crippen LogP) is 7.09. The second-order valence-corrected chi connectivity index (χ2v) is 13.2. The van der Waals surface area contributed by atoms with E-state index in [1.165, 1.54) is 17.0 Å². The van der Waals surface area contributed by atoms with Crippen LogP contribution in [0.2, 0.25) is 5.02 Å². The van der Waals surface area contributed by atoms with Crippen LogP contribution >= 0.6 is 22.9 Å². The lowest BCUT2D eigenvalue weighted by molar-refractivity contribution is 0.108. The van der Waals surface area contributed by atoms with Crippen molar-refractivity contribution in [2.75, 3.05) is 43.5 Å². The molecule has 0 radical (unpaired) electrons. The minimum Gasteiger partial charge on any atom is -0.489 e. The molecular weight excluding hydrogens is 644 g/mol. The smallest absolute Gasteiger partial charge is 0.319 e. The topological polar surface area (TPSA) is 101 Å². The normalized spacial score (nSPS) is 21.1. The zero-order valence-electron chi connectivity index (χ0n) is 24.4. The number of rotatable bonds is 7. The van der Waals surface area contributed by atoms with Gasteiger partial charge in [-0.05, 0) is 37.4 Å². The summed E-state index contributed by atoms with van der Waals surface area (Å²) in [5.74, 6) is -1.70. The van der Waals surface area contributed by atoms with Gasteiger partial charge in [0.2, 0.25) is 0 Å². The van der Waals surface area contributed by atoms with Crippen molar-refractivity contribution in [1.29, 1.82) is 5.26 Å². The van der Waals surface area contributed by atoms with Gasteiger partial charge < -0.3 is 20.1 Å². The summed E-state index contributed by atoms with van der Waals surface area (Å²) in [4.78, 5) is 12.6. The van der Waals surface area contributed by atoms with Crippen molar-refractivity contribution in [3.05, 3.63) is 59.2 Å². The van der Waals surface area contributed by atoms with Gasteiger partial charge in [0, 0.05) is 17.5 Å². The number of alkyl halides is 2. The number of hydrogen-bond acceptors (Lipinski definition) is 9. The molecule has 7 rings (SSSR count). The first-order valence-corrected chi connectivity index (χ1v) is 15.7. The van der Waals surface area contributed by atoms with Crippen LogP contribution in [0.4, 0.5) is 28.4 Å². The van der Waals surface area contributed by atoms with Crippen LogP contribution in [0.5, 0.6) is 11.8 Å². The summed E-state index contributed by atoms with van der Waals surface area (Å²) in [7, 11) is 0. The van der Waals surface area contributed by atoms with Crippen molar-refractivity contribution in [2.24, 2.45) is 0 Å². The highest BCUT2D eigenvalue weighted by Gasteiger charge is 2.47. The van der Waals surface area contributed by atoms with Crippen LogP contribution in [-0.4, -0.2) is 65.7 Å². The molecule has 2 atom stereocenters. The Morgan fingerprint density at radius 3 is 2.85 bits per heavy atom. The predicted molar refractivity (Wildman–Crippen MR) is 170 cm³/mol. The number of thiophene rings is 1. The van der Waals surface area contributed by atoms with Crippen molar-refractivity contribution in [3.63, 3.8) is 0 Å². The van der Waals surface area contributed by atoms with Crippen LogP contribution in [-0.2, 0) is 0 Å². The quantitative estimate of drug-likeness (QED) is 0.164. The third-order valence-electron chi connectivity index (χ3n) is 9.02. The van der Waals surface area contributed by atoms with Gasteiger partial charge >= 0.3 is 6.01 Å². The molecule has 0 aliphatic carbocycles. The standard InChI is InChI=1S/C32H27ClF4N6O2S/c1-3-16-13-44-27-23-26(25(37)22(24(27)33)17-5-6-19(34)28-21(17)18(10-38)29(39)46-28)40-31(41-30(23)43(16)12-20(35)36)45-14-32-7-4-8-42(32)11-15(2)9-32/h3,5-6,16,20H,1-2,4,7-9,11-14,39H2/t16-,32-/m0/s1. The average molecular weight is 671 g/mol. The lowest BCUT2D eigenvalue weighted by atomic mass is 9.94. The number of fused-ring (bicyclic) bond motifs is 2. The molecule has 0 saturated carbocycles. The monoisotopic (exact) mass is 670 g/mol. The number of nitrogens with two attached hydrogens (primary N) is 1. The number of anilines is 2. The molecular formula is C32H27ClF4N6O2S. The maximum Gasteiger partial charge on any atom is 0.319 e. The molecule has 3 aliphatic rings. The van der Waals surface area contributed by atoms with E-state index in [9.17, 15) is 18.4 Å². The van der Waals surface area contributed by atoms with Gasteiger partial charge in [-0.25, -0.2) is 17.6 Å². The first kappa shape index (κ1) is 30.5. The first-order chi connectivity index (χ1) is 22.1.